The van der Waals surface area contributed by atoms with E-state index in [1.54, 1.807) is 14.2 Å². The maximum Gasteiger partial charge on any atom is 0.244 e. The van der Waals surface area contributed by atoms with Crippen LogP contribution < -0.4 is 9.47 Å². The number of benzene rings is 2. The van der Waals surface area contributed by atoms with E-state index in [1.807, 2.05) is 41.3 Å². The maximum absolute atomic E-state index is 13.7. The molecule has 2 aliphatic rings. The lowest BCUT2D eigenvalue weighted by Crippen LogP contribution is -2.47. The molecule has 2 aliphatic heterocycles. The third-order valence-corrected chi connectivity index (χ3v) is 6.09. The van der Waals surface area contributed by atoms with Crippen LogP contribution >= 0.6 is 0 Å². The zero-order chi connectivity index (χ0) is 20.9. The number of likely N-dealkylation sites (tertiary alicyclic amines) is 1. The van der Waals surface area contributed by atoms with Gasteiger partial charge in [-0.1, -0.05) is 30.3 Å². The molecule has 6 heteroatoms. The van der Waals surface area contributed by atoms with Gasteiger partial charge in [-0.25, -0.2) is 0 Å². The minimum Gasteiger partial charge on any atom is -0.497 e. The molecule has 2 aromatic rings. The van der Waals surface area contributed by atoms with E-state index in [1.165, 1.54) is 0 Å². The van der Waals surface area contributed by atoms with Crippen molar-refractivity contribution in [1.29, 1.82) is 0 Å². The second-order valence-corrected chi connectivity index (χ2v) is 7.75. The molecule has 0 bridgehead atoms. The summed E-state index contributed by atoms with van der Waals surface area (Å²) in [6.45, 7) is 3.34. The molecule has 1 amide bonds. The Morgan fingerprint density at radius 2 is 1.80 bits per heavy atom. The fourth-order valence-electron chi connectivity index (χ4n) is 4.60. The molecular weight excluding hydrogens is 380 g/mol. The van der Waals surface area contributed by atoms with Crippen LogP contribution in [0, 0.1) is 0 Å². The number of carbonyl (C=O) groups is 1. The zero-order valence-corrected chi connectivity index (χ0v) is 17.8. The van der Waals surface area contributed by atoms with Crippen LogP contribution in [0.25, 0.3) is 0 Å². The molecule has 160 valence electrons. The molecule has 0 unspecified atom stereocenters. The summed E-state index contributed by atoms with van der Waals surface area (Å²) >= 11 is 0. The van der Waals surface area contributed by atoms with Gasteiger partial charge in [0.25, 0.3) is 0 Å². The summed E-state index contributed by atoms with van der Waals surface area (Å²) in [6.07, 6.45) is 2.01. The maximum atomic E-state index is 13.7. The summed E-state index contributed by atoms with van der Waals surface area (Å²) in [5, 5.41) is 0. The monoisotopic (exact) mass is 410 g/mol. The number of methoxy groups -OCH3 is 2. The average Bonchev–Trinajstić information content (AvgIpc) is 3.29. The second kappa shape index (κ2) is 9.49. The molecule has 0 spiro atoms. The van der Waals surface area contributed by atoms with Crippen LogP contribution in [0.15, 0.2) is 48.5 Å². The largest absolute Gasteiger partial charge is 0.497 e. The van der Waals surface area contributed by atoms with Crippen molar-refractivity contribution in [3.63, 3.8) is 0 Å². The molecule has 6 nitrogen and oxygen atoms in total. The number of ether oxygens (including phenoxy) is 3. The quantitative estimate of drug-likeness (QED) is 0.730. The Bertz CT molecular complexity index is 852. The van der Waals surface area contributed by atoms with Crippen LogP contribution in [0.2, 0.25) is 0 Å². The highest BCUT2D eigenvalue weighted by atomic mass is 16.5. The molecule has 0 radical (unpaired) electrons. The third-order valence-electron chi connectivity index (χ3n) is 6.09. The Morgan fingerprint density at radius 3 is 2.50 bits per heavy atom. The summed E-state index contributed by atoms with van der Waals surface area (Å²) in [5.74, 6) is 1.78. The predicted molar refractivity (Wildman–Crippen MR) is 115 cm³/mol. The van der Waals surface area contributed by atoms with Gasteiger partial charge < -0.3 is 19.1 Å². The Kier molecular flexibility index (Phi) is 6.55. The highest BCUT2D eigenvalue weighted by Crippen LogP contribution is 2.43. The number of amides is 1. The molecule has 4 rings (SSSR count). The van der Waals surface area contributed by atoms with Gasteiger partial charge in [0.15, 0.2) is 0 Å². The van der Waals surface area contributed by atoms with Crippen molar-refractivity contribution in [2.75, 3.05) is 47.1 Å². The Hall–Kier alpha value is -2.57. The number of morpholine rings is 1. The lowest BCUT2D eigenvalue weighted by Gasteiger charge is -2.37. The van der Waals surface area contributed by atoms with Crippen molar-refractivity contribution in [1.82, 2.24) is 9.80 Å². The Morgan fingerprint density at radius 1 is 1.03 bits per heavy atom. The number of carbonyl (C=O) groups excluding carboxylic acids is 1. The van der Waals surface area contributed by atoms with E-state index in [2.05, 4.69) is 17.0 Å². The normalized spacial score (nSPS) is 20.7. The topological polar surface area (TPSA) is 51.2 Å². The fourth-order valence-corrected chi connectivity index (χ4v) is 4.60. The van der Waals surface area contributed by atoms with Crippen LogP contribution in [0.4, 0.5) is 0 Å². The first-order valence-electron chi connectivity index (χ1n) is 10.6. The van der Waals surface area contributed by atoms with Gasteiger partial charge in [0, 0.05) is 24.7 Å². The van der Waals surface area contributed by atoms with Gasteiger partial charge in [-0.2, -0.15) is 0 Å². The number of rotatable bonds is 6. The van der Waals surface area contributed by atoms with Crippen LogP contribution in [-0.4, -0.2) is 62.8 Å². The number of hydrogen-bond acceptors (Lipinski definition) is 5. The highest BCUT2D eigenvalue weighted by Gasteiger charge is 2.39. The first-order valence-corrected chi connectivity index (χ1v) is 10.6. The van der Waals surface area contributed by atoms with E-state index in [0.29, 0.717) is 26.3 Å². The van der Waals surface area contributed by atoms with E-state index in [4.69, 9.17) is 14.2 Å². The summed E-state index contributed by atoms with van der Waals surface area (Å²) < 4.78 is 16.6. The van der Waals surface area contributed by atoms with E-state index < -0.39 is 0 Å². The molecule has 2 fully saturated rings. The predicted octanol–water partition coefficient (Wildman–Crippen LogP) is 3.44. The van der Waals surface area contributed by atoms with Gasteiger partial charge in [-0.3, -0.25) is 9.69 Å². The van der Waals surface area contributed by atoms with Crippen LogP contribution in [0.5, 0.6) is 11.5 Å². The van der Waals surface area contributed by atoms with Crippen molar-refractivity contribution >= 4 is 5.91 Å². The summed E-state index contributed by atoms with van der Waals surface area (Å²) in [7, 11) is 3.37. The Labute approximate surface area is 178 Å². The van der Waals surface area contributed by atoms with Crippen molar-refractivity contribution < 1.29 is 19.0 Å². The summed E-state index contributed by atoms with van der Waals surface area (Å²) in [5.41, 5.74) is 2.10. The lowest BCUT2D eigenvalue weighted by atomic mass is 9.98. The standard InChI is InChI=1S/C24H30N2O4/c1-28-19-10-11-22(29-2)20(17-19)21-9-6-12-26(21)23(18-7-4-3-5-8-18)24(27)25-13-15-30-16-14-25/h3-5,7-8,10-11,17,21,23H,6,9,12-16H2,1-2H3/t21-,23+/m0/s1. The van der Waals surface area contributed by atoms with Crippen molar-refractivity contribution in [2.45, 2.75) is 24.9 Å². The van der Waals surface area contributed by atoms with E-state index in [-0.39, 0.29) is 18.0 Å². The van der Waals surface area contributed by atoms with Gasteiger partial charge >= 0.3 is 0 Å². The highest BCUT2D eigenvalue weighted by molar-refractivity contribution is 5.83. The van der Waals surface area contributed by atoms with Gasteiger partial charge in [-0.05, 0) is 43.1 Å². The van der Waals surface area contributed by atoms with Crippen molar-refractivity contribution in [2.24, 2.45) is 0 Å². The van der Waals surface area contributed by atoms with Gasteiger partial charge in [0.1, 0.15) is 17.5 Å². The summed E-state index contributed by atoms with van der Waals surface area (Å²) in [6, 6.07) is 15.8. The van der Waals surface area contributed by atoms with Crippen LogP contribution in [-0.2, 0) is 9.53 Å². The van der Waals surface area contributed by atoms with E-state index in [9.17, 15) is 4.79 Å². The molecular formula is C24H30N2O4. The molecule has 2 saturated heterocycles. The zero-order valence-electron chi connectivity index (χ0n) is 17.8. The number of nitrogens with zero attached hydrogens (tertiary/aromatic N) is 2. The Balaban J connectivity index is 1.72. The minimum absolute atomic E-state index is 0.0882. The SMILES string of the molecule is COc1ccc(OC)c([C@@H]2CCCN2[C@@H](C(=O)N2CCOCC2)c2ccccc2)c1. The lowest BCUT2D eigenvalue weighted by molar-refractivity contribution is -0.142. The summed E-state index contributed by atoms with van der Waals surface area (Å²) in [4.78, 5) is 18.0. The van der Waals surface area contributed by atoms with Crippen LogP contribution in [0.3, 0.4) is 0 Å². The van der Waals surface area contributed by atoms with Gasteiger partial charge in [-0.15, -0.1) is 0 Å². The second-order valence-electron chi connectivity index (χ2n) is 7.75. The third kappa shape index (κ3) is 4.16. The van der Waals surface area contributed by atoms with Crippen LogP contribution in [0.1, 0.15) is 36.1 Å². The van der Waals surface area contributed by atoms with Gasteiger partial charge in [0.2, 0.25) is 5.91 Å². The van der Waals surface area contributed by atoms with Gasteiger partial charge in [0.05, 0.1) is 27.4 Å². The van der Waals surface area contributed by atoms with Crippen molar-refractivity contribution in [3.8, 4) is 11.5 Å². The molecule has 2 aromatic carbocycles. The smallest absolute Gasteiger partial charge is 0.244 e. The van der Waals surface area contributed by atoms with E-state index in [0.717, 1.165) is 42.0 Å². The fraction of sp³-hybridized carbons (Fsp3) is 0.458. The molecule has 0 aliphatic carbocycles. The number of hydrogen-bond donors (Lipinski definition) is 0. The van der Waals surface area contributed by atoms with Crippen molar-refractivity contribution in [3.05, 3.63) is 59.7 Å². The first-order chi connectivity index (χ1) is 14.7. The molecule has 0 aromatic heterocycles. The molecule has 2 heterocycles. The first kappa shape index (κ1) is 20.7. The van der Waals surface area contributed by atoms with E-state index >= 15 is 0 Å². The molecule has 2 atom stereocenters. The molecule has 0 N–H and O–H groups in total. The average molecular weight is 411 g/mol. The minimum atomic E-state index is -0.326. The molecule has 0 saturated carbocycles. The molecule has 30 heavy (non-hydrogen) atoms.